The minimum atomic E-state index is -0.0554. The van der Waals surface area contributed by atoms with Crippen molar-refractivity contribution in [2.24, 2.45) is 11.1 Å². The molecule has 1 aromatic rings. The van der Waals surface area contributed by atoms with E-state index in [0.717, 1.165) is 11.3 Å². The molecule has 1 unspecified atom stereocenters. The van der Waals surface area contributed by atoms with Gasteiger partial charge in [-0.2, -0.15) is 0 Å². The van der Waals surface area contributed by atoms with Crippen LogP contribution in [-0.2, 0) is 6.61 Å². The molecule has 1 aromatic carbocycles. The molecule has 90 valence electrons. The van der Waals surface area contributed by atoms with Gasteiger partial charge in [0.05, 0.1) is 6.61 Å². The van der Waals surface area contributed by atoms with Gasteiger partial charge in [0.2, 0.25) is 0 Å². The quantitative estimate of drug-likeness (QED) is 0.820. The SMILES string of the molecule is CC(C)(C)C(CN)Oc1ccccc1CO. The van der Waals surface area contributed by atoms with E-state index in [4.69, 9.17) is 10.5 Å². The van der Waals surface area contributed by atoms with Crippen LogP contribution >= 0.6 is 0 Å². The van der Waals surface area contributed by atoms with E-state index in [9.17, 15) is 5.11 Å². The predicted molar refractivity (Wildman–Crippen MR) is 65.3 cm³/mol. The third-order valence-corrected chi connectivity index (χ3v) is 2.59. The number of benzene rings is 1. The summed E-state index contributed by atoms with van der Waals surface area (Å²) in [6, 6.07) is 7.49. The smallest absolute Gasteiger partial charge is 0.125 e. The Bertz CT molecular complexity index is 331. The fourth-order valence-electron chi connectivity index (χ4n) is 1.48. The first-order valence-electron chi connectivity index (χ1n) is 5.54. The molecule has 0 aliphatic rings. The molecule has 0 bridgehead atoms. The summed E-state index contributed by atoms with van der Waals surface area (Å²) in [5, 5.41) is 9.20. The van der Waals surface area contributed by atoms with Crippen molar-refractivity contribution in [2.45, 2.75) is 33.5 Å². The van der Waals surface area contributed by atoms with Crippen LogP contribution in [0.25, 0.3) is 0 Å². The van der Waals surface area contributed by atoms with Crippen molar-refractivity contribution in [3.63, 3.8) is 0 Å². The molecule has 0 aromatic heterocycles. The monoisotopic (exact) mass is 223 g/mol. The summed E-state index contributed by atoms with van der Waals surface area (Å²) in [4.78, 5) is 0. The summed E-state index contributed by atoms with van der Waals surface area (Å²) in [5.41, 5.74) is 6.49. The fraction of sp³-hybridized carbons (Fsp3) is 0.538. The molecule has 0 saturated carbocycles. The van der Waals surface area contributed by atoms with Gasteiger partial charge >= 0.3 is 0 Å². The highest BCUT2D eigenvalue weighted by Crippen LogP contribution is 2.26. The Morgan fingerprint density at radius 3 is 2.44 bits per heavy atom. The lowest BCUT2D eigenvalue weighted by Crippen LogP contribution is -2.38. The molecular weight excluding hydrogens is 202 g/mol. The molecule has 3 heteroatoms. The maximum atomic E-state index is 9.20. The van der Waals surface area contributed by atoms with E-state index in [2.05, 4.69) is 20.8 Å². The average Bonchev–Trinajstić information content (AvgIpc) is 2.24. The van der Waals surface area contributed by atoms with E-state index in [1.165, 1.54) is 0 Å². The van der Waals surface area contributed by atoms with Crippen LogP contribution in [0, 0.1) is 5.41 Å². The second-order valence-electron chi connectivity index (χ2n) is 4.97. The molecule has 1 rings (SSSR count). The molecule has 0 radical (unpaired) electrons. The molecule has 0 saturated heterocycles. The predicted octanol–water partition coefficient (Wildman–Crippen LogP) is 1.93. The van der Waals surface area contributed by atoms with Crippen LogP contribution < -0.4 is 10.5 Å². The van der Waals surface area contributed by atoms with E-state index in [1.54, 1.807) is 0 Å². The van der Waals surface area contributed by atoms with E-state index in [1.807, 2.05) is 24.3 Å². The van der Waals surface area contributed by atoms with Crippen LogP contribution in [0.15, 0.2) is 24.3 Å². The first kappa shape index (κ1) is 13.0. The normalized spacial score (nSPS) is 13.6. The van der Waals surface area contributed by atoms with Crippen LogP contribution in [0.3, 0.4) is 0 Å². The summed E-state index contributed by atoms with van der Waals surface area (Å²) >= 11 is 0. The number of hydrogen-bond acceptors (Lipinski definition) is 3. The Morgan fingerprint density at radius 2 is 1.94 bits per heavy atom. The summed E-state index contributed by atoms with van der Waals surface area (Å²) in [6.45, 7) is 6.71. The lowest BCUT2D eigenvalue weighted by atomic mass is 9.89. The summed E-state index contributed by atoms with van der Waals surface area (Å²) in [7, 11) is 0. The van der Waals surface area contributed by atoms with Crippen molar-refractivity contribution in [1.82, 2.24) is 0 Å². The van der Waals surface area contributed by atoms with Crippen LogP contribution in [0.4, 0.5) is 0 Å². The van der Waals surface area contributed by atoms with Crippen molar-refractivity contribution >= 4 is 0 Å². The molecule has 0 heterocycles. The van der Waals surface area contributed by atoms with Gasteiger partial charge in [0, 0.05) is 17.5 Å². The summed E-state index contributed by atoms with van der Waals surface area (Å²) in [5.74, 6) is 0.718. The molecule has 0 aliphatic carbocycles. The maximum Gasteiger partial charge on any atom is 0.125 e. The van der Waals surface area contributed by atoms with Gasteiger partial charge in [0.25, 0.3) is 0 Å². The molecule has 0 fully saturated rings. The van der Waals surface area contributed by atoms with Gasteiger partial charge in [-0.15, -0.1) is 0 Å². The van der Waals surface area contributed by atoms with Crippen LogP contribution in [0.2, 0.25) is 0 Å². The van der Waals surface area contributed by atoms with Gasteiger partial charge in [-0.1, -0.05) is 39.0 Å². The second kappa shape index (κ2) is 5.32. The van der Waals surface area contributed by atoms with E-state index in [-0.39, 0.29) is 18.1 Å². The molecular formula is C13H21NO2. The van der Waals surface area contributed by atoms with Crippen molar-refractivity contribution in [2.75, 3.05) is 6.54 Å². The third-order valence-electron chi connectivity index (χ3n) is 2.59. The largest absolute Gasteiger partial charge is 0.488 e. The molecule has 0 aliphatic heterocycles. The van der Waals surface area contributed by atoms with Gasteiger partial charge < -0.3 is 15.6 Å². The Kier molecular flexibility index (Phi) is 4.33. The van der Waals surface area contributed by atoms with Crippen LogP contribution in [0.1, 0.15) is 26.3 Å². The maximum absolute atomic E-state index is 9.20. The topological polar surface area (TPSA) is 55.5 Å². The van der Waals surface area contributed by atoms with Crippen molar-refractivity contribution in [3.8, 4) is 5.75 Å². The summed E-state index contributed by atoms with van der Waals surface area (Å²) < 4.78 is 5.87. The molecule has 1 atom stereocenters. The number of aliphatic hydroxyl groups excluding tert-OH is 1. The van der Waals surface area contributed by atoms with Gasteiger partial charge in [-0.25, -0.2) is 0 Å². The van der Waals surface area contributed by atoms with Gasteiger partial charge in [0.15, 0.2) is 0 Å². The van der Waals surface area contributed by atoms with Gasteiger partial charge in [-0.05, 0) is 6.07 Å². The van der Waals surface area contributed by atoms with Gasteiger partial charge in [-0.3, -0.25) is 0 Å². The molecule has 0 spiro atoms. The number of para-hydroxylation sites is 1. The average molecular weight is 223 g/mol. The highest BCUT2D eigenvalue weighted by atomic mass is 16.5. The molecule has 3 N–H and O–H groups in total. The molecule has 3 nitrogen and oxygen atoms in total. The lowest BCUT2D eigenvalue weighted by molar-refractivity contribution is 0.0914. The van der Waals surface area contributed by atoms with E-state index in [0.29, 0.717) is 6.54 Å². The standard InChI is InChI=1S/C13H21NO2/c1-13(2,3)12(8-14)16-11-7-5-4-6-10(11)9-15/h4-7,12,15H,8-9,14H2,1-3H3. The third kappa shape index (κ3) is 3.22. The van der Waals surface area contributed by atoms with Gasteiger partial charge in [0.1, 0.15) is 11.9 Å². The number of nitrogens with two attached hydrogens (primary N) is 1. The van der Waals surface area contributed by atoms with E-state index < -0.39 is 0 Å². The fourth-order valence-corrected chi connectivity index (χ4v) is 1.48. The minimum absolute atomic E-state index is 0.0163. The van der Waals surface area contributed by atoms with Crippen molar-refractivity contribution in [1.29, 1.82) is 0 Å². The zero-order valence-corrected chi connectivity index (χ0v) is 10.2. The Morgan fingerprint density at radius 1 is 1.31 bits per heavy atom. The van der Waals surface area contributed by atoms with Crippen LogP contribution in [-0.4, -0.2) is 17.8 Å². The first-order chi connectivity index (χ1) is 7.49. The number of rotatable bonds is 4. The zero-order chi connectivity index (χ0) is 12.2. The highest BCUT2D eigenvalue weighted by Gasteiger charge is 2.25. The number of ether oxygens (including phenoxy) is 1. The number of aliphatic hydroxyl groups is 1. The minimum Gasteiger partial charge on any atom is -0.488 e. The van der Waals surface area contributed by atoms with E-state index >= 15 is 0 Å². The Labute approximate surface area is 97.2 Å². The van der Waals surface area contributed by atoms with Crippen molar-refractivity contribution < 1.29 is 9.84 Å². The second-order valence-corrected chi connectivity index (χ2v) is 4.97. The highest BCUT2D eigenvalue weighted by molar-refractivity contribution is 5.32. The number of hydrogen-bond donors (Lipinski definition) is 2. The first-order valence-corrected chi connectivity index (χ1v) is 5.54. The van der Waals surface area contributed by atoms with Crippen molar-refractivity contribution in [3.05, 3.63) is 29.8 Å². The lowest BCUT2D eigenvalue weighted by Gasteiger charge is -2.30. The molecule has 0 amide bonds. The summed E-state index contributed by atoms with van der Waals surface area (Å²) in [6.07, 6.45) is -0.0554. The van der Waals surface area contributed by atoms with Crippen LogP contribution in [0.5, 0.6) is 5.75 Å². The molecule has 16 heavy (non-hydrogen) atoms. The Balaban J connectivity index is 2.86. The zero-order valence-electron chi connectivity index (χ0n) is 10.2. The Hall–Kier alpha value is -1.06.